The first-order valence-electron chi connectivity index (χ1n) is 8.82. The molecule has 0 aliphatic heterocycles. The number of nitriles is 1. The van der Waals surface area contributed by atoms with Crippen LogP contribution in [0.15, 0.2) is 66.4 Å². The Morgan fingerprint density at radius 2 is 1.96 bits per heavy atom. The molecule has 1 N–H and O–H groups in total. The van der Waals surface area contributed by atoms with Crippen molar-refractivity contribution in [2.45, 2.75) is 13.3 Å². The van der Waals surface area contributed by atoms with Crippen molar-refractivity contribution in [1.29, 1.82) is 5.26 Å². The first kappa shape index (κ1) is 19.3. The molecule has 1 amide bonds. The maximum absolute atomic E-state index is 12.4. The van der Waals surface area contributed by atoms with Crippen molar-refractivity contribution < 1.29 is 9.53 Å². The highest BCUT2D eigenvalue weighted by atomic mass is 32.1. The lowest BCUT2D eigenvalue weighted by Crippen LogP contribution is -2.13. The van der Waals surface area contributed by atoms with Gasteiger partial charge in [0.25, 0.3) is 5.91 Å². The summed E-state index contributed by atoms with van der Waals surface area (Å²) in [5.74, 6) is 0.272. The smallest absolute Gasteiger partial charge is 0.268 e. The molecule has 140 valence electrons. The van der Waals surface area contributed by atoms with Crippen LogP contribution in [0.1, 0.15) is 22.9 Å². The van der Waals surface area contributed by atoms with Crippen molar-refractivity contribution >= 4 is 28.5 Å². The van der Waals surface area contributed by atoms with Crippen molar-refractivity contribution in [2.24, 2.45) is 0 Å². The number of rotatable bonds is 7. The number of anilines is 1. The van der Waals surface area contributed by atoms with E-state index in [4.69, 9.17) is 4.74 Å². The van der Waals surface area contributed by atoms with Crippen molar-refractivity contribution in [1.82, 2.24) is 4.98 Å². The number of carbonyl (C=O) groups excluding carboxylic acids is 1. The summed E-state index contributed by atoms with van der Waals surface area (Å²) in [5, 5.41) is 12.5. The zero-order valence-electron chi connectivity index (χ0n) is 15.4. The highest BCUT2D eigenvalue weighted by Gasteiger charge is 2.12. The molecule has 5 nitrogen and oxygen atoms in total. The van der Waals surface area contributed by atoms with Crippen LogP contribution in [0.5, 0.6) is 5.75 Å². The van der Waals surface area contributed by atoms with Gasteiger partial charge in [-0.05, 0) is 36.3 Å². The van der Waals surface area contributed by atoms with Gasteiger partial charge in [-0.25, -0.2) is 4.98 Å². The van der Waals surface area contributed by atoms with E-state index < -0.39 is 5.91 Å². The van der Waals surface area contributed by atoms with Crippen LogP contribution in [0.2, 0.25) is 0 Å². The zero-order chi connectivity index (χ0) is 19.8. The molecule has 0 aliphatic rings. The third-order valence-electron chi connectivity index (χ3n) is 3.86. The van der Waals surface area contributed by atoms with Crippen LogP contribution >= 0.6 is 11.3 Å². The van der Waals surface area contributed by atoms with E-state index in [1.54, 1.807) is 36.5 Å². The zero-order valence-corrected chi connectivity index (χ0v) is 16.2. The number of hydrogen-bond acceptors (Lipinski definition) is 5. The van der Waals surface area contributed by atoms with Gasteiger partial charge >= 0.3 is 0 Å². The standard InChI is InChI=1S/C22H19N3O2S/c1-2-27-19-10-8-17(9-11-19)12-18(14-23)21(26)25-22-24-15-20(28-22)13-16-6-4-3-5-7-16/h3-12,15H,2,13H2,1H3,(H,24,25,26)/b18-12+. The molecule has 0 bridgehead atoms. The minimum atomic E-state index is -0.475. The Morgan fingerprint density at radius 1 is 1.21 bits per heavy atom. The van der Waals surface area contributed by atoms with Gasteiger partial charge in [0.1, 0.15) is 17.4 Å². The Balaban J connectivity index is 1.66. The maximum Gasteiger partial charge on any atom is 0.268 e. The fourth-order valence-electron chi connectivity index (χ4n) is 2.55. The van der Waals surface area contributed by atoms with E-state index in [1.807, 2.05) is 43.3 Å². The molecule has 3 rings (SSSR count). The molecule has 0 radical (unpaired) electrons. The van der Waals surface area contributed by atoms with E-state index in [0.29, 0.717) is 11.7 Å². The third kappa shape index (κ3) is 5.29. The van der Waals surface area contributed by atoms with Gasteiger partial charge in [0.05, 0.1) is 6.61 Å². The molecular weight excluding hydrogens is 370 g/mol. The fraction of sp³-hybridized carbons (Fsp3) is 0.136. The molecule has 3 aromatic rings. The molecule has 28 heavy (non-hydrogen) atoms. The second kappa shape index (κ2) is 9.49. The van der Waals surface area contributed by atoms with Gasteiger partial charge in [0.15, 0.2) is 5.13 Å². The molecule has 0 atom stereocenters. The molecule has 1 aromatic heterocycles. The number of nitrogens with one attached hydrogen (secondary N) is 1. The van der Waals surface area contributed by atoms with E-state index in [-0.39, 0.29) is 5.57 Å². The number of benzene rings is 2. The van der Waals surface area contributed by atoms with Gasteiger partial charge in [-0.15, -0.1) is 11.3 Å². The van der Waals surface area contributed by atoms with Crippen molar-refractivity contribution in [3.8, 4) is 11.8 Å². The van der Waals surface area contributed by atoms with Crippen molar-refractivity contribution in [2.75, 3.05) is 11.9 Å². The largest absolute Gasteiger partial charge is 0.494 e. The van der Waals surface area contributed by atoms with Crippen molar-refractivity contribution in [3.05, 3.63) is 82.4 Å². The SMILES string of the molecule is CCOc1ccc(/C=C(\C#N)C(=O)Nc2ncc(Cc3ccccc3)s2)cc1. The summed E-state index contributed by atoms with van der Waals surface area (Å²) < 4.78 is 5.39. The number of carbonyl (C=O) groups is 1. The lowest BCUT2D eigenvalue weighted by Gasteiger charge is -2.03. The third-order valence-corrected chi connectivity index (χ3v) is 4.78. The molecule has 0 spiro atoms. The average molecular weight is 389 g/mol. The van der Waals surface area contributed by atoms with Crippen LogP contribution in [0, 0.1) is 11.3 Å². The Kier molecular flexibility index (Phi) is 6.55. The quantitative estimate of drug-likeness (QED) is 0.470. The van der Waals surface area contributed by atoms with Gasteiger partial charge in [0, 0.05) is 17.5 Å². The van der Waals surface area contributed by atoms with E-state index in [9.17, 15) is 10.1 Å². The highest BCUT2D eigenvalue weighted by Crippen LogP contribution is 2.22. The average Bonchev–Trinajstić information content (AvgIpc) is 3.15. The Morgan fingerprint density at radius 3 is 2.64 bits per heavy atom. The van der Waals surface area contributed by atoms with Gasteiger partial charge in [-0.3, -0.25) is 10.1 Å². The summed E-state index contributed by atoms with van der Waals surface area (Å²) in [6.07, 6.45) is 4.04. The van der Waals surface area contributed by atoms with Gasteiger partial charge in [-0.2, -0.15) is 5.26 Å². The molecule has 1 heterocycles. The normalized spacial score (nSPS) is 10.9. The maximum atomic E-state index is 12.4. The number of aromatic nitrogens is 1. The molecule has 0 aliphatic carbocycles. The van der Waals surface area contributed by atoms with E-state index in [0.717, 1.165) is 22.6 Å². The number of amides is 1. The number of hydrogen-bond donors (Lipinski definition) is 1. The van der Waals surface area contributed by atoms with Crippen LogP contribution in [-0.4, -0.2) is 17.5 Å². The molecule has 0 saturated carbocycles. The minimum Gasteiger partial charge on any atom is -0.494 e. The van der Waals surface area contributed by atoms with Crippen LogP contribution in [-0.2, 0) is 11.2 Å². The van der Waals surface area contributed by atoms with Gasteiger partial charge in [0.2, 0.25) is 0 Å². The summed E-state index contributed by atoms with van der Waals surface area (Å²) >= 11 is 1.40. The van der Waals surface area contributed by atoms with Crippen LogP contribution in [0.4, 0.5) is 5.13 Å². The van der Waals surface area contributed by atoms with Crippen LogP contribution < -0.4 is 10.1 Å². The molecule has 0 saturated heterocycles. The Labute approximate surface area is 167 Å². The first-order valence-corrected chi connectivity index (χ1v) is 9.64. The first-order chi connectivity index (χ1) is 13.7. The second-order valence-electron chi connectivity index (χ2n) is 5.92. The number of ether oxygens (including phenoxy) is 1. The number of thiazole rings is 1. The summed E-state index contributed by atoms with van der Waals surface area (Å²) in [6.45, 7) is 2.50. The molecule has 2 aromatic carbocycles. The number of nitrogens with zero attached hydrogens (tertiary/aromatic N) is 2. The van der Waals surface area contributed by atoms with E-state index in [1.165, 1.54) is 16.9 Å². The summed E-state index contributed by atoms with van der Waals surface area (Å²) in [6, 6.07) is 19.2. The van der Waals surface area contributed by atoms with E-state index >= 15 is 0 Å². The monoisotopic (exact) mass is 389 g/mol. The van der Waals surface area contributed by atoms with Crippen LogP contribution in [0.3, 0.4) is 0 Å². The molecule has 0 fully saturated rings. The Hall–Kier alpha value is -3.43. The summed E-state index contributed by atoms with van der Waals surface area (Å²) in [4.78, 5) is 17.7. The van der Waals surface area contributed by atoms with Crippen molar-refractivity contribution in [3.63, 3.8) is 0 Å². The second-order valence-corrected chi connectivity index (χ2v) is 7.04. The molecular formula is C22H19N3O2S. The predicted molar refractivity (Wildman–Crippen MR) is 111 cm³/mol. The van der Waals surface area contributed by atoms with E-state index in [2.05, 4.69) is 10.3 Å². The van der Waals surface area contributed by atoms with Crippen LogP contribution in [0.25, 0.3) is 6.08 Å². The lowest BCUT2D eigenvalue weighted by molar-refractivity contribution is -0.112. The van der Waals surface area contributed by atoms with Gasteiger partial charge in [-0.1, -0.05) is 42.5 Å². The lowest BCUT2D eigenvalue weighted by atomic mass is 10.1. The predicted octanol–water partition coefficient (Wildman–Crippen LogP) is 4.68. The highest BCUT2D eigenvalue weighted by molar-refractivity contribution is 7.15. The molecule has 6 heteroatoms. The minimum absolute atomic E-state index is 0.0176. The van der Waals surface area contributed by atoms with Gasteiger partial charge < -0.3 is 4.74 Å². The topological polar surface area (TPSA) is 75.0 Å². The fourth-order valence-corrected chi connectivity index (χ4v) is 3.39. The summed E-state index contributed by atoms with van der Waals surface area (Å²) in [5.41, 5.74) is 1.94. The Bertz CT molecular complexity index is 1000. The molecule has 0 unspecified atom stereocenters. The summed E-state index contributed by atoms with van der Waals surface area (Å²) in [7, 11) is 0.